The lowest BCUT2D eigenvalue weighted by Gasteiger charge is -2.41. The number of aliphatic carboxylic acids is 1. The molecule has 4 aliphatic rings. The Morgan fingerprint density at radius 3 is 1.97 bits per heavy atom. The highest BCUT2D eigenvalue weighted by molar-refractivity contribution is 5.96. The molecule has 2 aromatic carbocycles. The Bertz CT molecular complexity index is 997. The zero-order valence-electron chi connectivity index (χ0n) is 16.5. The molecular formula is C24H23NO5. The smallest absolute Gasteiger partial charge is 0.307 e. The van der Waals surface area contributed by atoms with Crippen LogP contribution < -0.4 is 14.8 Å². The average molecular weight is 405 g/mol. The molecular weight excluding hydrogens is 382 g/mol. The molecule has 1 amide bonds. The number of carboxylic acids is 1. The molecule has 6 rings (SSSR count). The van der Waals surface area contributed by atoms with Gasteiger partial charge in [-0.05, 0) is 78.6 Å². The summed E-state index contributed by atoms with van der Waals surface area (Å²) in [6.45, 7) is 0. The lowest BCUT2D eigenvalue weighted by atomic mass is 9.62. The minimum absolute atomic E-state index is 0.0199. The molecule has 6 nitrogen and oxygen atoms in total. The summed E-state index contributed by atoms with van der Waals surface area (Å²) >= 11 is 0. The molecule has 30 heavy (non-hydrogen) atoms. The molecule has 0 aliphatic heterocycles. The van der Waals surface area contributed by atoms with E-state index in [0.29, 0.717) is 29.0 Å². The van der Waals surface area contributed by atoms with E-state index >= 15 is 0 Å². The van der Waals surface area contributed by atoms with E-state index in [9.17, 15) is 14.7 Å². The number of ether oxygens (including phenoxy) is 2. The van der Waals surface area contributed by atoms with Crippen LogP contribution in [0.15, 0.2) is 60.7 Å². The largest absolute Gasteiger partial charge is 0.497 e. The number of methoxy groups -OCH3 is 1. The minimum atomic E-state index is -0.872. The summed E-state index contributed by atoms with van der Waals surface area (Å²) in [7, 11) is 1.61. The van der Waals surface area contributed by atoms with Crippen molar-refractivity contribution >= 4 is 17.6 Å². The molecule has 2 N–H and O–H groups in total. The first-order valence-corrected chi connectivity index (χ1v) is 10.2. The van der Waals surface area contributed by atoms with Crippen molar-refractivity contribution in [3.8, 4) is 17.2 Å². The third-order valence-electron chi connectivity index (χ3n) is 6.66. The Kier molecular flexibility index (Phi) is 4.50. The fourth-order valence-electron chi connectivity index (χ4n) is 5.18. The van der Waals surface area contributed by atoms with Gasteiger partial charge in [0.1, 0.15) is 17.2 Å². The summed E-state index contributed by atoms with van der Waals surface area (Å²) < 4.78 is 10.9. The summed E-state index contributed by atoms with van der Waals surface area (Å²) in [5.74, 6) is 0.752. The van der Waals surface area contributed by atoms with Crippen molar-refractivity contribution in [2.75, 3.05) is 12.4 Å². The highest BCUT2D eigenvalue weighted by atomic mass is 16.5. The van der Waals surface area contributed by atoms with Gasteiger partial charge >= 0.3 is 5.97 Å². The topological polar surface area (TPSA) is 84.9 Å². The molecule has 2 fully saturated rings. The van der Waals surface area contributed by atoms with Gasteiger partial charge in [-0.3, -0.25) is 9.59 Å². The standard InChI is InChI=1S/C24H23NO5/c1-29-14-6-8-16(9-7-14)30-15-4-2-13(3-5-15)25-23(26)21-17-10-11-18(20-12-19(17)20)22(21)24(27)28/h2-11,17-22H,12H2,1H3,(H,25,26)(H,27,28)/t17-,18-,19+,20-,21+,22-/m0/s1. The van der Waals surface area contributed by atoms with Crippen molar-refractivity contribution in [2.24, 2.45) is 35.5 Å². The number of hydrogen-bond acceptors (Lipinski definition) is 4. The number of hydrogen-bond donors (Lipinski definition) is 2. The molecule has 6 heteroatoms. The summed E-state index contributed by atoms with van der Waals surface area (Å²) in [6, 6.07) is 14.4. The van der Waals surface area contributed by atoms with E-state index in [1.165, 1.54) is 0 Å². The van der Waals surface area contributed by atoms with Crippen LogP contribution in [0.3, 0.4) is 0 Å². The zero-order chi connectivity index (χ0) is 20.8. The Morgan fingerprint density at radius 1 is 0.867 bits per heavy atom. The number of nitrogens with one attached hydrogen (secondary N) is 1. The molecule has 4 aliphatic carbocycles. The first-order chi connectivity index (χ1) is 14.5. The van der Waals surface area contributed by atoms with E-state index in [2.05, 4.69) is 11.4 Å². The SMILES string of the molecule is COc1ccc(Oc2ccc(NC(=O)[C@@H]3[C@H]4C=C[C@@H]([C@@H]5C[C@H]45)[C@@H]3C(=O)O)cc2)cc1. The molecule has 0 heterocycles. The normalized spacial score (nSPS) is 30.3. The zero-order valence-corrected chi connectivity index (χ0v) is 16.5. The highest BCUT2D eigenvalue weighted by Crippen LogP contribution is 2.63. The fraction of sp³-hybridized carbons (Fsp3) is 0.333. The number of carboxylic acid groups (broad SMARTS) is 1. The Balaban J connectivity index is 1.27. The molecule has 0 unspecified atom stereocenters. The second kappa shape index (κ2) is 7.20. The van der Waals surface area contributed by atoms with E-state index in [0.717, 1.165) is 12.2 Å². The van der Waals surface area contributed by atoms with Crippen molar-refractivity contribution in [3.05, 3.63) is 60.7 Å². The van der Waals surface area contributed by atoms with Gasteiger partial charge in [0.25, 0.3) is 0 Å². The molecule has 2 saturated carbocycles. The molecule has 2 bridgehead atoms. The fourth-order valence-corrected chi connectivity index (χ4v) is 5.18. The average Bonchev–Trinajstić information content (AvgIpc) is 3.58. The number of fused-ring (bicyclic) bond motifs is 1. The van der Waals surface area contributed by atoms with Crippen LogP contribution in [0.25, 0.3) is 0 Å². The molecule has 0 spiro atoms. The van der Waals surface area contributed by atoms with Gasteiger partial charge in [0.15, 0.2) is 0 Å². The minimum Gasteiger partial charge on any atom is -0.497 e. The monoisotopic (exact) mass is 405 g/mol. The van der Waals surface area contributed by atoms with Gasteiger partial charge in [-0.15, -0.1) is 0 Å². The number of benzene rings is 2. The van der Waals surface area contributed by atoms with Crippen LogP contribution in [-0.2, 0) is 9.59 Å². The summed E-state index contributed by atoms with van der Waals surface area (Å²) in [5, 5.41) is 12.7. The second-order valence-electron chi connectivity index (χ2n) is 8.28. The quantitative estimate of drug-likeness (QED) is 0.704. The van der Waals surface area contributed by atoms with Crippen molar-refractivity contribution < 1.29 is 24.2 Å². The number of anilines is 1. The van der Waals surface area contributed by atoms with Gasteiger partial charge < -0.3 is 19.9 Å². The Labute approximate surface area is 174 Å². The third kappa shape index (κ3) is 3.22. The van der Waals surface area contributed by atoms with Crippen LogP contribution in [0.4, 0.5) is 5.69 Å². The molecule has 6 atom stereocenters. The third-order valence-corrected chi connectivity index (χ3v) is 6.66. The maximum absolute atomic E-state index is 13.0. The number of allylic oxidation sites excluding steroid dienone is 2. The van der Waals surface area contributed by atoms with Crippen molar-refractivity contribution in [1.82, 2.24) is 0 Å². The van der Waals surface area contributed by atoms with E-state index < -0.39 is 17.8 Å². The first-order valence-electron chi connectivity index (χ1n) is 10.2. The summed E-state index contributed by atoms with van der Waals surface area (Å²) in [6.07, 6.45) is 5.12. The Hall–Kier alpha value is -3.28. The van der Waals surface area contributed by atoms with Crippen LogP contribution in [0.2, 0.25) is 0 Å². The second-order valence-corrected chi connectivity index (χ2v) is 8.28. The van der Waals surface area contributed by atoms with Crippen LogP contribution >= 0.6 is 0 Å². The summed E-state index contributed by atoms with van der Waals surface area (Å²) in [5.41, 5.74) is 0.629. The van der Waals surface area contributed by atoms with Gasteiger partial charge in [-0.2, -0.15) is 0 Å². The maximum atomic E-state index is 13.0. The predicted octanol–water partition coefficient (Wildman–Crippen LogP) is 4.19. The summed E-state index contributed by atoms with van der Waals surface area (Å²) in [4.78, 5) is 24.9. The van der Waals surface area contributed by atoms with E-state index in [-0.39, 0.29) is 17.7 Å². The molecule has 0 saturated heterocycles. The van der Waals surface area contributed by atoms with Gasteiger partial charge in [-0.1, -0.05) is 12.2 Å². The van der Waals surface area contributed by atoms with E-state index in [1.807, 2.05) is 30.3 Å². The predicted molar refractivity (Wildman–Crippen MR) is 110 cm³/mol. The van der Waals surface area contributed by atoms with E-state index in [1.54, 1.807) is 31.4 Å². The van der Waals surface area contributed by atoms with Crippen LogP contribution in [-0.4, -0.2) is 24.1 Å². The first kappa shape index (κ1) is 18.7. The lowest BCUT2D eigenvalue weighted by molar-refractivity contribution is -0.152. The van der Waals surface area contributed by atoms with Gasteiger partial charge in [0.05, 0.1) is 18.9 Å². The highest BCUT2D eigenvalue weighted by Gasteiger charge is 2.62. The van der Waals surface area contributed by atoms with Gasteiger partial charge in [0, 0.05) is 5.69 Å². The molecule has 0 aromatic heterocycles. The number of amides is 1. The van der Waals surface area contributed by atoms with Crippen LogP contribution in [0, 0.1) is 35.5 Å². The lowest BCUT2D eigenvalue weighted by Crippen LogP contribution is -2.48. The Morgan fingerprint density at radius 2 is 1.40 bits per heavy atom. The van der Waals surface area contributed by atoms with Crippen LogP contribution in [0.5, 0.6) is 17.2 Å². The van der Waals surface area contributed by atoms with Gasteiger partial charge in [-0.25, -0.2) is 0 Å². The molecule has 2 aromatic rings. The van der Waals surface area contributed by atoms with E-state index in [4.69, 9.17) is 9.47 Å². The van der Waals surface area contributed by atoms with Crippen molar-refractivity contribution in [1.29, 1.82) is 0 Å². The molecule has 0 radical (unpaired) electrons. The van der Waals surface area contributed by atoms with Crippen molar-refractivity contribution in [3.63, 3.8) is 0 Å². The number of rotatable bonds is 6. The number of carbonyl (C=O) groups excluding carboxylic acids is 1. The number of carbonyl (C=O) groups is 2. The van der Waals surface area contributed by atoms with Crippen molar-refractivity contribution in [2.45, 2.75) is 6.42 Å². The van der Waals surface area contributed by atoms with Crippen LogP contribution in [0.1, 0.15) is 6.42 Å². The maximum Gasteiger partial charge on any atom is 0.307 e. The molecule has 154 valence electrons. The van der Waals surface area contributed by atoms with Gasteiger partial charge in [0.2, 0.25) is 5.91 Å².